The molecule has 0 radical (unpaired) electrons. The molecule has 110 valence electrons. The van der Waals surface area contributed by atoms with E-state index in [9.17, 15) is 4.39 Å². The predicted molar refractivity (Wildman–Crippen MR) is 80.5 cm³/mol. The fourth-order valence-electron chi connectivity index (χ4n) is 2.28. The van der Waals surface area contributed by atoms with Gasteiger partial charge < -0.3 is 14.6 Å². The van der Waals surface area contributed by atoms with Gasteiger partial charge in [0.15, 0.2) is 0 Å². The Morgan fingerprint density at radius 1 is 1.20 bits per heavy atom. The summed E-state index contributed by atoms with van der Waals surface area (Å²) in [6, 6.07) is 6.94. The number of ether oxygens (including phenoxy) is 1. The molecular weight excluding hydrogens is 255 g/mol. The van der Waals surface area contributed by atoms with Crippen LogP contribution in [-0.4, -0.2) is 30.9 Å². The molecule has 1 aromatic carbocycles. The molecule has 1 heterocycles. The van der Waals surface area contributed by atoms with Gasteiger partial charge in [0.25, 0.3) is 0 Å². The lowest BCUT2D eigenvalue weighted by atomic mass is 10.2. The van der Waals surface area contributed by atoms with Gasteiger partial charge in [0, 0.05) is 32.5 Å². The molecule has 1 N–H and O–H groups in total. The van der Waals surface area contributed by atoms with Crippen LogP contribution in [0.2, 0.25) is 0 Å². The van der Waals surface area contributed by atoms with E-state index in [2.05, 4.69) is 9.88 Å². The average Bonchev–Trinajstić information content (AvgIpc) is 2.84. The first kappa shape index (κ1) is 15.0. The number of benzene rings is 1. The second kappa shape index (κ2) is 8.02. The number of rotatable bonds is 9. The number of fused-ring (bicyclic) bond motifs is 1. The maximum Gasteiger partial charge on any atom is 0.125 e. The Balaban J connectivity index is 1.69. The van der Waals surface area contributed by atoms with Crippen LogP contribution in [-0.2, 0) is 11.3 Å². The quantitative estimate of drug-likeness (QED) is 0.713. The van der Waals surface area contributed by atoms with Gasteiger partial charge in [-0.15, -0.1) is 0 Å². The van der Waals surface area contributed by atoms with E-state index in [4.69, 9.17) is 4.74 Å². The van der Waals surface area contributed by atoms with Gasteiger partial charge in [-0.25, -0.2) is 4.39 Å². The summed E-state index contributed by atoms with van der Waals surface area (Å²) in [6.45, 7) is 6.42. The van der Waals surface area contributed by atoms with E-state index in [1.165, 1.54) is 6.07 Å². The predicted octanol–water partition coefficient (Wildman–Crippen LogP) is 3.19. The number of hydrogen-bond acceptors (Lipinski definition) is 2. The van der Waals surface area contributed by atoms with Crippen LogP contribution in [0.4, 0.5) is 4.39 Å². The lowest BCUT2D eigenvalue weighted by molar-refractivity contribution is 0.143. The SMILES string of the molecule is CCOCCCCNCCn1ccc2ccc(F)cc21. The molecule has 4 heteroatoms. The zero-order chi connectivity index (χ0) is 14.2. The molecule has 0 aliphatic carbocycles. The number of nitrogens with one attached hydrogen (secondary N) is 1. The fraction of sp³-hybridized carbons (Fsp3) is 0.500. The van der Waals surface area contributed by atoms with Crippen molar-refractivity contribution in [3.05, 3.63) is 36.3 Å². The van der Waals surface area contributed by atoms with Crippen LogP contribution in [0.1, 0.15) is 19.8 Å². The Hall–Kier alpha value is -1.39. The van der Waals surface area contributed by atoms with E-state index < -0.39 is 0 Å². The summed E-state index contributed by atoms with van der Waals surface area (Å²) in [4.78, 5) is 0. The lowest BCUT2D eigenvalue weighted by Crippen LogP contribution is -2.21. The third-order valence-corrected chi connectivity index (χ3v) is 3.36. The number of hydrogen-bond donors (Lipinski definition) is 1. The van der Waals surface area contributed by atoms with Gasteiger partial charge >= 0.3 is 0 Å². The highest BCUT2D eigenvalue weighted by Crippen LogP contribution is 2.16. The Bertz CT molecular complexity index is 524. The fourth-order valence-corrected chi connectivity index (χ4v) is 2.28. The summed E-state index contributed by atoms with van der Waals surface area (Å²) in [5.41, 5.74) is 0.961. The molecule has 0 unspecified atom stereocenters. The van der Waals surface area contributed by atoms with Crippen LogP contribution in [0.25, 0.3) is 10.9 Å². The molecule has 0 spiro atoms. The van der Waals surface area contributed by atoms with Crippen LogP contribution in [0.15, 0.2) is 30.5 Å². The van der Waals surface area contributed by atoms with E-state index in [1.54, 1.807) is 6.07 Å². The van der Waals surface area contributed by atoms with Gasteiger partial charge in [-0.2, -0.15) is 0 Å². The smallest absolute Gasteiger partial charge is 0.125 e. The van der Waals surface area contributed by atoms with Gasteiger partial charge in [-0.1, -0.05) is 0 Å². The normalized spacial score (nSPS) is 11.3. The standard InChI is InChI=1S/C16H23FN2O/c1-2-20-12-4-3-8-18-9-11-19-10-7-14-5-6-15(17)13-16(14)19/h5-7,10,13,18H,2-4,8-9,11-12H2,1H3. The van der Waals surface area contributed by atoms with Crippen LogP contribution in [0.3, 0.4) is 0 Å². The van der Waals surface area contributed by atoms with Crippen molar-refractivity contribution in [1.29, 1.82) is 0 Å². The molecule has 0 fully saturated rings. The van der Waals surface area contributed by atoms with Crippen molar-refractivity contribution < 1.29 is 9.13 Å². The highest BCUT2D eigenvalue weighted by atomic mass is 19.1. The summed E-state index contributed by atoms with van der Waals surface area (Å²) < 4.78 is 20.6. The van der Waals surface area contributed by atoms with Crippen LogP contribution < -0.4 is 5.32 Å². The zero-order valence-electron chi connectivity index (χ0n) is 12.1. The molecular formula is C16H23FN2O. The van der Waals surface area contributed by atoms with Crippen molar-refractivity contribution in [2.24, 2.45) is 0 Å². The van der Waals surface area contributed by atoms with Crippen molar-refractivity contribution >= 4 is 10.9 Å². The molecule has 2 rings (SSSR count). The first-order chi connectivity index (χ1) is 9.81. The molecule has 3 nitrogen and oxygen atoms in total. The van der Waals surface area contributed by atoms with Crippen LogP contribution in [0.5, 0.6) is 0 Å². The number of unbranched alkanes of at least 4 members (excludes halogenated alkanes) is 1. The van der Waals surface area contributed by atoms with Crippen molar-refractivity contribution in [3.63, 3.8) is 0 Å². The van der Waals surface area contributed by atoms with Gasteiger partial charge in [-0.3, -0.25) is 0 Å². The largest absolute Gasteiger partial charge is 0.382 e. The summed E-state index contributed by atoms with van der Waals surface area (Å²) in [6.07, 6.45) is 4.24. The number of halogens is 1. The second-order valence-electron chi connectivity index (χ2n) is 4.87. The number of nitrogens with zero attached hydrogens (tertiary/aromatic N) is 1. The third-order valence-electron chi connectivity index (χ3n) is 3.36. The minimum atomic E-state index is -0.179. The van der Waals surface area contributed by atoms with E-state index in [1.807, 2.05) is 25.3 Å². The van der Waals surface area contributed by atoms with E-state index in [0.717, 1.165) is 56.6 Å². The molecule has 1 aromatic heterocycles. The molecule has 0 aliphatic heterocycles. The van der Waals surface area contributed by atoms with E-state index in [-0.39, 0.29) is 5.82 Å². The molecule has 0 saturated heterocycles. The minimum Gasteiger partial charge on any atom is -0.382 e. The monoisotopic (exact) mass is 278 g/mol. The van der Waals surface area contributed by atoms with Gasteiger partial charge in [-0.05, 0) is 56.0 Å². The summed E-state index contributed by atoms with van der Waals surface area (Å²) >= 11 is 0. The maximum absolute atomic E-state index is 13.2. The van der Waals surface area contributed by atoms with Crippen molar-refractivity contribution in [2.45, 2.75) is 26.3 Å². The maximum atomic E-state index is 13.2. The third kappa shape index (κ3) is 4.32. The summed E-state index contributed by atoms with van der Waals surface area (Å²) in [5.74, 6) is -0.179. The Labute approximate surface area is 119 Å². The van der Waals surface area contributed by atoms with Gasteiger partial charge in [0.05, 0.1) is 5.52 Å². The molecule has 0 atom stereocenters. The molecule has 2 aromatic rings. The van der Waals surface area contributed by atoms with Gasteiger partial charge in [0.2, 0.25) is 0 Å². The minimum absolute atomic E-state index is 0.179. The Morgan fingerprint density at radius 3 is 2.95 bits per heavy atom. The first-order valence-electron chi connectivity index (χ1n) is 7.34. The van der Waals surface area contributed by atoms with Gasteiger partial charge in [0.1, 0.15) is 5.82 Å². The Morgan fingerprint density at radius 2 is 2.10 bits per heavy atom. The van der Waals surface area contributed by atoms with Crippen LogP contribution in [0, 0.1) is 5.82 Å². The topological polar surface area (TPSA) is 26.2 Å². The van der Waals surface area contributed by atoms with E-state index in [0.29, 0.717) is 0 Å². The summed E-state index contributed by atoms with van der Waals surface area (Å²) in [7, 11) is 0. The highest BCUT2D eigenvalue weighted by molar-refractivity contribution is 5.80. The number of aromatic nitrogens is 1. The van der Waals surface area contributed by atoms with Crippen molar-refractivity contribution in [3.8, 4) is 0 Å². The van der Waals surface area contributed by atoms with Crippen molar-refractivity contribution in [2.75, 3.05) is 26.3 Å². The first-order valence-corrected chi connectivity index (χ1v) is 7.34. The Kier molecular flexibility index (Phi) is 6.02. The summed E-state index contributed by atoms with van der Waals surface area (Å²) in [5, 5.41) is 4.50. The van der Waals surface area contributed by atoms with Crippen molar-refractivity contribution in [1.82, 2.24) is 9.88 Å². The molecule has 0 bridgehead atoms. The average molecular weight is 278 g/mol. The lowest BCUT2D eigenvalue weighted by Gasteiger charge is -2.07. The molecule has 0 aliphatic rings. The molecule has 0 saturated carbocycles. The molecule has 0 amide bonds. The van der Waals surface area contributed by atoms with Crippen LogP contribution >= 0.6 is 0 Å². The van der Waals surface area contributed by atoms with E-state index >= 15 is 0 Å². The molecule has 20 heavy (non-hydrogen) atoms. The highest BCUT2D eigenvalue weighted by Gasteiger charge is 2.01. The second-order valence-corrected chi connectivity index (χ2v) is 4.87. The zero-order valence-corrected chi connectivity index (χ0v) is 12.1.